The fourth-order valence-corrected chi connectivity index (χ4v) is 5.75. The van der Waals surface area contributed by atoms with Gasteiger partial charge >= 0.3 is 5.97 Å². The molecule has 4 aliphatic rings. The summed E-state index contributed by atoms with van der Waals surface area (Å²) in [6.07, 6.45) is 10.2. The Kier molecular flexibility index (Phi) is 4.78. The second kappa shape index (κ2) is 7.07. The highest BCUT2D eigenvalue weighted by molar-refractivity contribution is 6.32. The van der Waals surface area contributed by atoms with E-state index < -0.39 is 5.97 Å². The molecule has 5 rings (SSSR count). The van der Waals surface area contributed by atoms with Gasteiger partial charge in [-0.05, 0) is 74.0 Å². The molecule has 4 aliphatic carbocycles. The van der Waals surface area contributed by atoms with Gasteiger partial charge in [-0.3, -0.25) is 4.79 Å². The first-order valence-electron chi connectivity index (χ1n) is 9.42. The molecule has 0 aliphatic heterocycles. The van der Waals surface area contributed by atoms with Crippen LogP contribution in [0.2, 0.25) is 5.02 Å². The molecular weight excluding hydrogens is 350 g/mol. The summed E-state index contributed by atoms with van der Waals surface area (Å²) in [6, 6.07) is 7.24. The van der Waals surface area contributed by atoms with E-state index in [0.717, 1.165) is 42.6 Å². The van der Waals surface area contributed by atoms with Gasteiger partial charge in [0, 0.05) is 16.6 Å². The minimum Gasteiger partial charge on any atom is -0.452 e. The molecule has 4 saturated carbocycles. The number of hydrogen-bond acceptors (Lipinski definition) is 3. The van der Waals surface area contributed by atoms with E-state index >= 15 is 0 Å². The summed E-state index contributed by atoms with van der Waals surface area (Å²) in [5, 5.41) is 3.77. The van der Waals surface area contributed by atoms with E-state index in [1.165, 1.54) is 25.3 Å². The standard InChI is InChI=1S/C21H24ClNO3/c22-18-4-2-1-3-17(18)5-6-20(25)26-13-19(24)23-21-10-14-7-15(11-21)9-16(8-14)12-21/h1-6,14-16H,7-13H2,(H,23,24)/b6-5+. The summed E-state index contributed by atoms with van der Waals surface area (Å²) in [4.78, 5) is 24.2. The average Bonchev–Trinajstić information content (AvgIpc) is 2.57. The van der Waals surface area contributed by atoms with Gasteiger partial charge in [-0.25, -0.2) is 4.79 Å². The molecule has 1 aromatic rings. The molecule has 1 amide bonds. The molecule has 4 fully saturated rings. The minimum absolute atomic E-state index is 0.0500. The summed E-state index contributed by atoms with van der Waals surface area (Å²) in [7, 11) is 0. The zero-order valence-electron chi connectivity index (χ0n) is 14.7. The van der Waals surface area contributed by atoms with E-state index in [2.05, 4.69) is 5.32 Å². The maximum atomic E-state index is 12.3. The van der Waals surface area contributed by atoms with Crippen LogP contribution in [-0.2, 0) is 14.3 Å². The van der Waals surface area contributed by atoms with E-state index in [-0.39, 0.29) is 18.1 Å². The lowest BCUT2D eigenvalue weighted by atomic mass is 9.53. The van der Waals surface area contributed by atoms with Crippen LogP contribution in [0.4, 0.5) is 0 Å². The van der Waals surface area contributed by atoms with Gasteiger partial charge in [0.05, 0.1) is 0 Å². The number of ether oxygens (including phenoxy) is 1. The Morgan fingerprint density at radius 1 is 1.12 bits per heavy atom. The van der Waals surface area contributed by atoms with Crippen molar-refractivity contribution in [3.8, 4) is 0 Å². The SMILES string of the molecule is O=C(COC(=O)/C=C/c1ccccc1Cl)NC12CC3CC(CC(C3)C1)C2. The number of benzene rings is 1. The number of amides is 1. The second-order valence-electron chi connectivity index (χ2n) is 8.21. The third kappa shape index (κ3) is 3.80. The zero-order chi connectivity index (χ0) is 18.1. The average molecular weight is 374 g/mol. The molecule has 1 N–H and O–H groups in total. The van der Waals surface area contributed by atoms with Crippen LogP contribution in [0.5, 0.6) is 0 Å². The van der Waals surface area contributed by atoms with Crippen LogP contribution in [0.15, 0.2) is 30.3 Å². The fraction of sp³-hybridized carbons (Fsp3) is 0.524. The van der Waals surface area contributed by atoms with Crippen molar-refractivity contribution in [2.45, 2.75) is 44.1 Å². The van der Waals surface area contributed by atoms with Crippen LogP contribution in [0.3, 0.4) is 0 Å². The lowest BCUT2D eigenvalue weighted by Crippen LogP contribution is -2.60. The molecule has 0 aromatic heterocycles. The summed E-state index contributed by atoms with van der Waals surface area (Å²) in [6.45, 7) is -0.229. The van der Waals surface area contributed by atoms with Gasteiger partial charge in [0.2, 0.25) is 0 Å². The Morgan fingerprint density at radius 3 is 2.35 bits per heavy atom. The molecule has 0 saturated heterocycles. The van der Waals surface area contributed by atoms with E-state index in [9.17, 15) is 9.59 Å². The number of hydrogen-bond donors (Lipinski definition) is 1. The highest BCUT2D eigenvalue weighted by atomic mass is 35.5. The smallest absolute Gasteiger partial charge is 0.331 e. The van der Waals surface area contributed by atoms with Gasteiger partial charge in [-0.1, -0.05) is 29.8 Å². The van der Waals surface area contributed by atoms with Crippen molar-refractivity contribution in [3.05, 3.63) is 40.9 Å². The third-order valence-electron chi connectivity index (χ3n) is 6.09. The maximum Gasteiger partial charge on any atom is 0.331 e. The normalized spacial score (nSPS) is 32.0. The zero-order valence-corrected chi connectivity index (χ0v) is 15.5. The van der Waals surface area contributed by atoms with Crippen molar-refractivity contribution in [1.29, 1.82) is 0 Å². The minimum atomic E-state index is -0.536. The Labute approximate surface area is 158 Å². The van der Waals surface area contributed by atoms with Crippen LogP contribution < -0.4 is 5.32 Å². The second-order valence-corrected chi connectivity index (χ2v) is 8.62. The van der Waals surface area contributed by atoms with Crippen LogP contribution in [0, 0.1) is 17.8 Å². The number of carbonyl (C=O) groups excluding carboxylic acids is 2. The molecule has 0 unspecified atom stereocenters. The van der Waals surface area contributed by atoms with Crippen molar-refractivity contribution in [3.63, 3.8) is 0 Å². The van der Waals surface area contributed by atoms with Crippen LogP contribution in [0.25, 0.3) is 6.08 Å². The molecule has 5 heteroatoms. The van der Waals surface area contributed by atoms with Crippen molar-refractivity contribution < 1.29 is 14.3 Å². The van der Waals surface area contributed by atoms with E-state index in [1.807, 2.05) is 18.2 Å². The highest BCUT2D eigenvalue weighted by Gasteiger charge is 2.51. The quantitative estimate of drug-likeness (QED) is 0.627. The first kappa shape index (κ1) is 17.6. The maximum absolute atomic E-state index is 12.3. The van der Waals surface area contributed by atoms with Crippen molar-refractivity contribution in [2.24, 2.45) is 17.8 Å². The van der Waals surface area contributed by atoms with Gasteiger partial charge in [0.1, 0.15) is 0 Å². The van der Waals surface area contributed by atoms with E-state index in [1.54, 1.807) is 12.1 Å². The van der Waals surface area contributed by atoms with E-state index in [4.69, 9.17) is 16.3 Å². The van der Waals surface area contributed by atoms with E-state index in [0.29, 0.717) is 5.02 Å². The molecule has 26 heavy (non-hydrogen) atoms. The number of rotatable bonds is 5. The molecule has 138 valence electrons. The molecule has 0 heterocycles. The Bertz CT molecular complexity index is 707. The molecular formula is C21H24ClNO3. The Balaban J connectivity index is 1.28. The monoisotopic (exact) mass is 373 g/mol. The van der Waals surface area contributed by atoms with Crippen LogP contribution >= 0.6 is 11.6 Å². The highest BCUT2D eigenvalue weighted by Crippen LogP contribution is 2.55. The Hall–Kier alpha value is -1.81. The predicted molar refractivity (Wildman–Crippen MR) is 100 cm³/mol. The predicted octanol–water partition coefficient (Wildman–Crippen LogP) is 3.98. The summed E-state index contributed by atoms with van der Waals surface area (Å²) in [5.41, 5.74) is 0.690. The molecule has 0 radical (unpaired) electrons. The van der Waals surface area contributed by atoms with Gasteiger partial charge in [0.15, 0.2) is 6.61 Å². The topological polar surface area (TPSA) is 55.4 Å². The number of halogens is 1. The lowest BCUT2D eigenvalue weighted by Gasteiger charge is -2.56. The molecule has 0 atom stereocenters. The van der Waals surface area contributed by atoms with Gasteiger partial charge in [0.25, 0.3) is 5.91 Å². The lowest BCUT2D eigenvalue weighted by molar-refractivity contribution is -0.145. The number of carbonyl (C=O) groups is 2. The molecule has 4 bridgehead atoms. The van der Waals surface area contributed by atoms with Crippen LogP contribution in [0.1, 0.15) is 44.1 Å². The number of esters is 1. The third-order valence-corrected chi connectivity index (χ3v) is 6.44. The molecule has 4 nitrogen and oxygen atoms in total. The van der Waals surface area contributed by atoms with Gasteiger partial charge in [-0.15, -0.1) is 0 Å². The first-order valence-corrected chi connectivity index (χ1v) is 9.79. The Morgan fingerprint density at radius 2 is 1.73 bits per heavy atom. The van der Waals surface area contributed by atoms with Crippen molar-refractivity contribution in [1.82, 2.24) is 5.32 Å². The summed E-state index contributed by atoms with van der Waals surface area (Å²) >= 11 is 6.04. The molecule has 0 spiro atoms. The van der Waals surface area contributed by atoms with Crippen molar-refractivity contribution in [2.75, 3.05) is 6.61 Å². The fourth-order valence-electron chi connectivity index (χ4n) is 5.55. The summed E-state index contributed by atoms with van der Waals surface area (Å²) < 4.78 is 5.10. The largest absolute Gasteiger partial charge is 0.452 e. The molecule has 1 aromatic carbocycles. The summed E-state index contributed by atoms with van der Waals surface area (Å²) in [5.74, 6) is 1.57. The van der Waals surface area contributed by atoms with Gasteiger partial charge in [-0.2, -0.15) is 0 Å². The first-order chi connectivity index (χ1) is 12.5. The number of nitrogens with one attached hydrogen (secondary N) is 1. The van der Waals surface area contributed by atoms with Gasteiger partial charge < -0.3 is 10.1 Å². The van der Waals surface area contributed by atoms with Crippen molar-refractivity contribution >= 4 is 29.6 Å². The van der Waals surface area contributed by atoms with Crippen LogP contribution in [-0.4, -0.2) is 24.0 Å².